The van der Waals surface area contributed by atoms with E-state index < -0.39 is 0 Å². The van der Waals surface area contributed by atoms with Crippen LogP contribution in [0.25, 0.3) is 112 Å². The number of hydrogen-bond donors (Lipinski definition) is 0. The van der Waals surface area contributed by atoms with Gasteiger partial charge in [-0.3, -0.25) is 4.57 Å². The number of para-hydroxylation sites is 2. The molecule has 12 aromatic rings. The van der Waals surface area contributed by atoms with Crippen LogP contribution in [0.2, 0.25) is 0 Å². The van der Waals surface area contributed by atoms with E-state index in [4.69, 9.17) is 19.9 Å². The summed E-state index contributed by atoms with van der Waals surface area (Å²) in [5.41, 5.74) is 15.0. The van der Waals surface area contributed by atoms with Gasteiger partial charge in [-0.25, -0.2) is 9.97 Å². The van der Waals surface area contributed by atoms with E-state index >= 15 is 0 Å². The van der Waals surface area contributed by atoms with E-state index in [-0.39, 0.29) is 5.92 Å². The van der Waals surface area contributed by atoms with E-state index in [1.54, 1.807) is 0 Å². The monoisotopic (exact) mass is 870 g/mol. The molecule has 6 nitrogen and oxygen atoms in total. The normalized spacial score (nSPS) is 13.7. The van der Waals surface area contributed by atoms with Gasteiger partial charge in [-0.05, 0) is 71.7 Å². The third kappa shape index (κ3) is 6.90. The first kappa shape index (κ1) is 39.4. The van der Waals surface area contributed by atoms with Crippen molar-refractivity contribution in [2.75, 3.05) is 0 Å². The zero-order chi connectivity index (χ0) is 45.0. The molecule has 8 aromatic carbocycles. The third-order valence-corrected chi connectivity index (χ3v) is 13.3. The second-order valence-corrected chi connectivity index (χ2v) is 17.4. The molecule has 0 bridgehead atoms. The summed E-state index contributed by atoms with van der Waals surface area (Å²) in [6, 6.07) is 76.8. The highest BCUT2D eigenvalue weighted by Crippen LogP contribution is 2.42. The molecule has 0 radical (unpaired) electrons. The maximum Gasteiger partial charge on any atom is 0.238 e. The average molecular weight is 871 g/mol. The molecule has 1 atom stereocenters. The Bertz CT molecular complexity index is 3870. The largest absolute Gasteiger partial charge is 0.310 e. The van der Waals surface area contributed by atoms with Crippen molar-refractivity contribution in [2.45, 2.75) is 12.3 Å². The quantitative estimate of drug-likeness (QED) is 0.153. The van der Waals surface area contributed by atoms with Crippen LogP contribution in [-0.4, -0.2) is 29.1 Å². The summed E-state index contributed by atoms with van der Waals surface area (Å²) in [6.07, 6.45) is 7.95. The molecule has 4 heterocycles. The Morgan fingerprint density at radius 2 is 0.838 bits per heavy atom. The van der Waals surface area contributed by atoms with Gasteiger partial charge in [0.15, 0.2) is 11.6 Å². The molecule has 1 unspecified atom stereocenters. The molecular weight excluding hydrogens is 829 g/mol. The van der Waals surface area contributed by atoms with Crippen molar-refractivity contribution in [3.05, 3.63) is 242 Å². The molecule has 0 spiro atoms. The minimum absolute atomic E-state index is 0.134. The van der Waals surface area contributed by atoms with Gasteiger partial charge in [-0.15, -0.1) is 0 Å². The van der Waals surface area contributed by atoms with Crippen LogP contribution in [0.1, 0.15) is 17.9 Å². The number of hydrogen-bond acceptors (Lipinski definition) is 4. The molecule has 0 aliphatic heterocycles. The SMILES string of the molecule is C1=CC(n2c3ccccc3c3cc4c(cc32)c2ccccc2n4-c2nc(-c3ccccc3)nc(-c3cccc(-c4ccccc4)c3)n2)=CC(c2cc(-c3ccccc3)nc(-c3ccccc3)c2)C1. The number of allylic oxidation sites excluding steroid dienone is 4. The molecular formula is C62H42N6. The highest BCUT2D eigenvalue weighted by Gasteiger charge is 2.23. The second kappa shape index (κ2) is 16.5. The van der Waals surface area contributed by atoms with Crippen LogP contribution in [0, 0.1) is 0 Å². The van der Waals surface area contributed by atoms with Crippen LogP contribution in [0.4, 0.5) is 0 Å². The summed E-state index contributed by atoms with van der Waals surface area (Å²) in [7, 11) is 0. The summed E-state index contributed by atoms with van der Waals surface area (Å²) in [5, 5.41) is 4.58. The molecule has 13 rings (SSSR count). The summed E-state index contributed by atoms with van der Waals surface area (Å²) in [5.74, 6) is 1.93. The van der Waals surface area contributed by atoms with E-state index in [0.29, 0.717) is 17.6 Å². The first-order valence-electron chi connectivity index (χ1n) is 23.2. The molecule has 1 aliphatic rings. The standard InChI is InChI=1S/C62H42N6/c1-5-19-41(20-6-1)45-27-17-29-47(35-45)61-64-60(44-25-11-4-12-26-44)65-62(66-61)68-57-34-16-14-32-51(57)53-39-58-52(40-59(53)68)50-31-13-15-33-56(50)67(58)49-30-18-28-46(36-49)48-37-54(42-21-7-2-8-22-42)63-55(38-48)43-23-9-3-10-24-43/h1-27,29-40,46H,28H2. The first-order valence-corrected chi connectivity index (χ1v) is 23.2. The number of aromatic nitrogens is 6. The lowest BCUT2D eigenvalue weighted by Gasteiger charge is -2.21. The van der Waals surface area contributed by atoms with Crippen LogP contribution in [0.3, 0.4) is 0 Å². The van der Waals surface area contributed by atoms with Gasteiger partial charge in [0.05, 0.1) is 33.5 Å². The van der Waals surface area contributed by atoms with Gasteiger partial charge in [-0.1, -0.05) is 188 Å². The molecule has 0 saturated carbocycles. The lowest BCUT2D eigenvalue weighted by molar-refractivity contribution is 0.848. The molecule has 0 N–H and O–H groups in total. The summed E-state index contributed by atoms with van der Waals surface area (Å²) >= 11 is 0. The van der Waals surface area contributed by atoms with Gasteiger partial charge < -0.3 is 4.57 Å². The van der Waals surface area contributed by atoms with Crippen molar-refractivity contribution in [1.82, 2.24) is 29.1 Å². The Morgan fingerprint density at radius 1 is 0.353 bits per heavy atom. The molecule has 1 aliphatic carbocycles. The predicted octanol–water partition coefficient (Wildman–Crippen LogP) is 15.4. The minimum Gasteiger partial charge on any atom is -0.310 e. The van der Waals surface area contributed by atoms with Crippen molar-refractivity contribution in [3.8, 4) is 62.4 Å². The summed E-state index contributed by atoms with van der Waals surface area (Å²) < 4.78 is 4.67. The molecule has 6 heteroatoms. The number of benzene rings is 8. The number of rotatable bonds is 8. The zero-order valence-electron chi connectivity index (χ0n) is 37.0. The molecule has 0 fully saturated rings. The lowest BCUT2D eigenvalue weighted by Crippen LogP contribution is -2.06. The zero-order valence-corrected chi connectivity index (χ0v) is 37.0. The van der Waals surface area contributed by atoms with Crippen molar-refractivity contribution >= 4 is 49.3 Å². The average Bonchev–Trinajstić information content (AvgIpc) is 3.93. The van der Waals surface area contributed by atoms with Crippen molar-refractivity contribution in [1.29, 1.82) is 0 Å². The fraction of sp³-hybridized carbons (Fsp3) is 0.0323. The molecule has 0 saturated heterocycles. The third-order valence-electron chi connectivity index (χ3n) is 13.3. The lowest BCUT2D eigenvalue weighted by atomic mass is 9.89. The molecule has 4 aromatic heterocycles. The highest BCUT2D eigenvalue weighted by atomic mass is 15.2. The Balaban J connectivity index is 0.999. The molecule has 68 heavy (non-hydrogen) atoms. The van der Waals surface area contributed by atoms with Crippen LogP contribution in [0.5, 0.6) is 0 Å². The first-order chi connectivity index (χ1) is 33.7. The highest BCUT2D eigenvalue weighted by molar-refractivity contribution is 6.19. The van der Waals surface area contributed by atoms with E-state index in [2.05, 4.69) is 221 Å². The van der Waals surface area contributed by atoms with Crippen LogP contribution >= 0.6 is 0 Å². The van der Waals surface area contributed by atoms with E-state index in [9.17, 15) is 0 Å². The van der Waals surface area contributed by atoms with Gasteiger partial charge >= 0.3 is 0 Å². The smallest absolute Gasteiger partial charge is 0.238 e. The van der Waals surface area contributed by atoms with E-state index in [1.165, 1.54) is 10.9 Å². The van der Waals surface area contributed by atoms with Gasteiger partial charge in [0.1, 0.15) is 0 Å². The Hall–Kier alpha value is -9.00. The fourth-order valence-corrected chi connectivity index (χ4v) is 10.0. The van der Waals surface area contributed by atoms with Crippen molar-refractivity contribution in [3.63, 3.8) is 0 Å². The maximum atomic E-state index is 5.33. The summed E-state index contributed by atoms with van der Waals surface area (Å²) in [6.45, 7) is 0. The van der Waals surface area contributed by atoms with Gasteiger partial charge in [0.2, 0.25) is 5.95 Å². The van der Waals surface area contributed by atoms with Crippen LogP contribution < -0.4 is 0 Å². The number of fused-ring (bicyclic) bond motifs is 6. The molecule has 320 valence electrons. The van der Waals surface area contributed by atoms with Gasteiger partial charge in [0.25, 0.3) is 0 Å². The van der Waals surface area contributed by atoms with Crippen LogP contribution in [0.15, 0.2) is 237 Å². The predicted molar refractivity (Wildman–Crippen MR) is 279 cm³/mol. The Labute approximate surface area is 393 Å². The Kier molecular flexibility index (Phi) is 9.53. The van der Waals surface area contributed by atoms with Crippen molar-refractivity contribution in [2.24, 2.45) is 0 Å². The van der Waals surface area contributed by atoms with Crippen LogP contribution in [-0.2, 0) is 0 Å². The van der Waals surface area contributed by atoms with Gasteiger partial charge in [-0.2, -0.15) is 9.97 Å². The minimum atomic E-state index is 0.134. The summed E-state index contributed by atoms with van der Waals surface area (Å²) in [4.78, 5) is 20.9. The Morgan fingerprint density at radius 3 is 1.46 bits per heavy atom. The topological polar surface area (TPSA) is 61.4 Å². The number of nitrogens with zero attached hydrogens (tertiary/aromatic N) is 6. The number of pyridine rings is 1. The van der Waals surface area contributed by atoms with E-state index in [1.807, 2.05) is 24.3 Å². The molecule has 0 amide bonds. The maximum absolute atomic E-state index is 5.33. The van der Waals surface area contributed by atoms with Crippen molar-refractivity contribution < 1.29 is 0 Å². The van der Waals surface area contributed by atoms with Gasteiger partial charge in [0, 0.05) is 55.4 Å². The van der Waals surface area contributed by atoms with E-state index in [0.717, 1.165) is 95.1 Å². The second-order valence-electron chi connectivity index (χ2n) is 17.4. The fourth-order valence-electron chi connectivity index (χ4n) is 10.0.